The van der Waals surface area contributed by atoms with Gasteiger partial charge < -0.3 is 11.1 Å². The van der Waals surface area contributed by atoms with Crippen LogP contribution in [0, 0.1) is 5.82 Å². The first-order valence-corrected chi connectivity index (χ1v) is 12.1. The molecule has 3 N–H and O–H groups in total. The van der Waals surface area contributed by atoms with Crippen molar-refractivity contribution in [1.82, 2.24) is 10.3 Å². The van der Waals surface area contributed by atoms with Crippen LogP contribution in [0.2, 0.25) is 0 Å². The van der Waals surface area contributed by atoms with Crippen molar-refractivity contribution in [3.63, 3.8) is 0 Å². The summed E-state index contributed by atoms with van der Waals surface area (Å²) in [6.45, 7) is 0. The first-order chi connectivity index (χ1) is 15.6. The summed E-state index contributed by atoms with van der Waals surface area (Å²) in [6.07, 6.45) is 5.80. The van der Waals surface area contributed by atoms with Gasteiger partial charge in [0.25, 0.3) is 0 Å². The predicted octanol–water partition coefficient (Wildman–Crippen LogP) is 4.69. The minimum absolute atomic E-state index is 0.0879. The van der Waals surface area contributed by atoms with Gasteiger partial charge in [-0.25, -0.2) is 4.39 Å². The highest BCUT2D eigenvalue weighted by Crippen LogP contribution is 2.37. The van der Waals surface area contributed by atoms with Gasteiger partial charge in [0.1, 0.15) is 5.82 Å². The van der Waals surface area contributed by atoms with Gasteiger partial charge in [0.15, 0.2) is 0 Å². The average molecular weight is 450 g/mol. The highest BCUT2D eigenvalue weighted by atomic mass is 32.2. The predicted molar refractivity (Wildman–Crippen MR) is 129 cm³/mol. The lowest BCUT2D eigenvalue weighted by Crippen LogP contribution is -2.49. The van der Waals surface area contributed by atoms with E-state index >= 15 is 0 Å². The molecule has 1 atom stereocenters. The molecule has 0 aliphatic carbocycles. The van der Waals surface area contributed by atoms with E-state index in [1.807, 2.05) is 30.0 Å². The molecule has 4 rings (SSSR count). The Kier molecular flexibility index (Phi) is 7.22. The molecule has 1 aliphatic rings. The number of rotatable bonds is 7. The van der Waals surface area contributed by atoms with Crippen molar-refractivity contribution in [1.29, 1.82) is 0 Å². The number of hydrogen-bond donors (Lipinski definition) is 2. The van der Waals surface area contributed by atoms with E-state index in [4.69, 9.17) is 5.73 Å². The fourth-order valence-corrected chi connectivity index (χ4v) is 5.51. The first kappa shape index (κ1) is 22.5. The molecule has 6 heteroatoms. The maximum atomic E-state index is 14.0. The highest BCUT2D eigenvalue weighted by molar-refractivity contribution is 7.99. The minimum atomic E-state index is -0.440. The Labute approximate surface area is 192 Å². The second-order valence-electron chi connectivity index (χ2n) is 8.32. The van der Waals surface area contributed by atoms with Crippen molar-refractivity contribution < 1.29 is 9.18 Å². The largest absolute Gasteiger partial charge is 0.346 e. The average Bonchev–Trinajstić information content (AvgIpc) is 2.82. The van der Waals surface area contributed by atoms with Gasteiger partial charge in [-0.1, -0.05) is 36.4 Å². The number of carbonyl (C=O) groups is 1. The van der Waals surface area contributed by atoms with Crippen LogP contribution < -0.4 is 11.1 Å². The molecule has 1 aromatic heterocycles. The van der Waals surface area contributed by atoms with E-state index in [0.717, 1.165) is 41.0 Å². The summed E-state index contributed by atoms with van der Waals surface area (Å²) in [5.74, 6) is 1.61. The molecule has 2 heterocycles. The van der Waals surface area contributed by atoms with Crippen LogP contribution in [0.3, 0.4) is 0 Å². The third kappa shape index (κ3) is 5.37. The van der Waals surface area contributed by atoms with Gasteiger partial charge in [-0.15, -0.1) is 0 Å². The summed E-state index contributed by atoms with van der Waals surface area (Å²) in [6, 6.07) is 18.5. The fraction of sp³-hybridized carbons (Fsp3) is 0.308. The van der Waals surface area contributed by atoms with Crippen LogP contribution in [0.1, 0.15) is 30.4 Å². The molecule has 0 radical (unpaired) electrons. The van der Waals surface area contributed by atoms with Crippen LogP contribution in [-0.2, 0) is 16.8 Å². The Bertz CT molecular complexity index is 1050. The molecule has 0 bridgehead atoms. The van der Waals surface area contributed by atoms with E-state index in [1.54, 1.807) is 30.6 Å². The Morgan fingerprint density at radius 2 is 1.81 bits per heavy atom. The Hall–Kier alpha value is -2.70. The van der Waals surface area contributed by atoms with Crippen molar-refractivity contribution in [2.24, 2.45) is 5.73 Å². The summed E-state index contributed by atoms with van der Waals surface area (Å²) in [4.78, 5) is 17.1. The topological polar surface area (TPSA) is 68.0 Å². The number of nitrogens with one attached hydrogen (secondary N) is 1. The number of aromatic nitrogens is 1. The third-order valence-electron chi connectivity index (χ3n) is 6.04. The van der Waals surface area contributed by atoms with Gasteiger partial charge in [-0.05, 0) is 77.3 Å². The van der Waals surface area contributed by atoms with Crippen LogP contribution in [0.25, 0.3) is 11.1 Å². The first-order valence-electron chi connectivity index (χ1n) is 10.9. The van der Waals surface area contributed by atoms with Crippen LogP contribution in [0.4, 0.5) is 4.39 Å². The number of benzene rings is 2. The lowest BCUT2D eigenvalue weighted by Gasteiger charge is -2.39. The van der Waals surface area contributed by atoms with E-state index in [1.165, 1.54) is 6.07 Å². The monoisotopic (exact) mass is 449 g/mol. The van der Waals surface area contributed by atoms with Crippen LogP contribution in [-0.4, -0.2) is 28.4 Å². The molecule has 1 unspecified atom stereocenters. The normalized spacial score (nSPS) is 16.3. The lowest BCUT2D eigenvalue weighted by atomic mass is 9.82. The summed E-state index contributed by atoms with van der Waals surface area (Å²) >= 11 is 1.91. The molecule has 32 heavy (non-hydrogen) atoms. The van der Waals surface area contributed by atoms with Crippen molar-refractivity contribution in [2.75, 3.05) is 11.5 Å². The van der Waals surface area contributed by atoms with Crippen molar-refractivity contribution in [2.45, 2.75) is 37.3 Å². The maximum absolute atomic E-state index is 14.0. The second-order valence-corrected chi connectivity index (χ2v) is 9.54. The third-order valence-corrected chi connectivity index (χ3v) is 7.03. The molecule has 1 amide bonds. The van der Waals surface area contributed by atoms with E-state index in [0.29, 0.717) is 12.0 Å². The Morgan fingerprint density at radius 1 is 1.06 bits per heavy atom. The van der Waals surface area contributed by atoms with Gasteiger partial charge in [0.2, 0.25) is 5.91 Å². The molecular formula is C26H28FN3OS. The van der Waals surface area contributed by atoms with E-state index in [9.17, 15) is 9.18 Å². The number of pyridine rings is 1. The van der Waals surface area contributed by atoms with Gasteiger partial charge in [0, 0.05) is 24.9 Å². The summed E-state index contributed by atoms with van der Waals surface area (Å²) < 4.78 is 14.0. The molecule has 1 aliphatic heterocycles. The number of nitrogens with two attached hydrogens (primary N) is 1. The van der Waals surface area contributed by atoms with Crippen molar-refractivity contribution >= 4 is 17.7 Å². The van der Waals surface area contributed by atoms with Crippen molar-refractivity contribution in [3.8, 4) is 11.1 Å². The zero-order valence-corrected chi connectivity index (χ0v) is 18.8. The van der Waals surface area contributed by atoms with Gasteiger partial charge in [-0.3, -0.25) is 9.78 Å². The molecule has 2 aromatic carbocycles. The molecule has 166 valence electrons. The second kappa shape index (κ2) is 10.3. The SMILES string of the molecule is NC(CC(=O)NC1(c2cccc(-c3ccncc3)c2)CCSCC1)Cc1ccccc1F. The zero-order valence-electron chi connectivity index (χ0n) is 18.0. The highest BCUT2D eigenvalue weighted by Gasteiger charge is 2.36. The summed E-state index contributed by atoms with van der Waals surface area (Å²) in [7, 11) is 0. The Balaban J connectivity index is 1.51. The Morgan fingerprint density at radius 3 is 2.56 bits per heavy atom. The van der Waals surface area contributed by atoms with Crippen LogP contribution in [0.5, 0.6) is 0 Å². The zero-order chi connectivity index (χ0) is 22.4. The van der Waals surface area contributed by atoms with Gasteiger partial charge in [-0.2, -0.15) is 11.8 Å². The van der Waals surface area contributed by atoms with E-state index < -0.39 is 11.6 Å². The minimum Gasteiger partial charge on any atom is -0.346 e. The van der Waals surface area contributed by atoms with Gasteiger partial charge in [0.05, 0.1) is 5.54 Å². The molecule has 3 aromatic rings. The number of amides is 1. The fourth-order valence-electron chi connectivity index (χ4n) is 4.32. The molecule has 0 spiro atoms. The maximum Gasteiger partial charge on any atom is 0.222 e. The smallest absolute Gasteiger partial charge is 0.222 e. The number of hydrogen-bond acceptors (Lipinski definition) is 4. The number of thioether (sulfide) groups is 1. The van der Waals surface area contributed by atoms with Crippen LogP contribution >= 0.6 is 11.8 Å². The quantitative estimate of drug-likeness (QED) is 0.549. The molecule has 0 saturated carbocycles. The number of halogens is 1. The van der Waals surface area contributed by atoms with Crippen molar-refractivity contribution in [3.05, 3.63) is 90.0 Å². The summed E-state index contributed by atoms with van der Waals surface area (Å²) in [5.41, 5.74) is 9.67. The molecule has 4 nitrogen and oxygen atoms in total. The van der Waals surface area contributed by atoms with E-state index in [2.05, 4.69) is 28.5 Å². The molecule has 1 fully saturated rings. The molecular weight excluding hydrogens is 421 g/mol. The van der Waals surface area contributed by atoms with Gasteiger partial charge >= 0.3 is 0 Å². The summed E-state index contributed by atoms with van der Waals surface area (Å²) in [5, 5.41) is 3.32. The number of carbonyl (C=O) groups excluding carboxylic acids is 1. The standard InChI is InChI=1S/C26H28FN3OS/c27-24-7-2-1-4-21(24)17-23(28)18-25(31)30-26(10-14-32-15-11-26)22-6-3-5-20(16-22)19-8-12-29-13-9-19/h1-9,12-13,16,23H,10-11,14-15,17-18,28H2,(H,30,31). The lowest BCUT2D eigenvalue weighted by molar-refractivity contribution is -0.123. The molecule has 1 saturated heterocycles. The van der Waals surface area contributed by atoms with Crippen LogP contribution in [0.15, 0.2) is 73.1 Å². The number of nitrogens with zero attached hydrogens (tertiary/aromatic N) is 1. The van der Waals surface area contributed by atoms with E-state index in [-0.39, 0.29) is 18.1 Å².